The Labute approximate surface area is 344 Å². The number of Topliss-reactive ketones (excluding diaryl/α,β-unsaturated/α-hetero) is 1. The van der Waals surface area contributed by atoms with E-state index in [9.17, 15) is 28.8 Å². The third-order valence-corrected chi connectivity index (χ3v) is 11.6. The van der Waals surface area contributed by atoms with Crippen LogP contribution in [0.1, 0.15) is 109 Å². The van der Waals surface area contributed by atoms with E-state index in [-0.39, 0.29) is 79.7 Å². The number of halogens is 1. The third-order valence-electron chi connectivity index (χ3n) is 11.6. The van der Waals surface area contributed by atoms with Crippen LogP contribution in [0.15, 0.2) is 42.6 Å². The average Bonchev–Trinajstić information content (AvgIpc) is 3.86. The van der Waals surface area contributed by atoms with Crippen LogP contribution in [0.25, 0.3) is 0 Å². The minimum atomic E-state index is -0.732. The fourth-order valence-electron chi connectivity index (χ4n) is 8.50. The molecule has 16 heteroatoms. The number of nitrogens with one attached hydrogen (secondary N) is 3. The third kappa shape index (κ3) is 8.70. The summed E-state index contributed by atoms with van der Waals surface area (Å²) in [7, 11) is 3.37. The van der Waals surface area contributed by atoms with Crippen molar-refractivity contribution in [2.24, 2.45) is 0 Å². The zero-order chi connectivity index (χ0) is 40.2. The molecule has 3 N–H and O–H groups in total. The lowest BCUT2D eigenvalue weighted by molar-refractivity contribution is -0.137. The van der Waals surface area contributed by atoms with Crippen molar-refractivity contribution in [3.05, 3.63) is 70.7 Å². The summed E-state index contributed by atoms with van der Waals surface area (Å²) in [5.41, 5.74) is 3.72. The number of aromatic nitrogens is 2. The smallest absolute Gasteiger partial charge is 0.255 e. The van der Waals surface area contributed by atoms with Gasteiger partial charge in [0.25, 0.3) is 5.91 Å². The highest BCUT2D eigenvalue weighted by Crippen LogP contribution is 2.40. The van der Waals surface area contributed by atoms with E-state index in [1.807, 2.05) is 13.0 Å². The SMILES string of the molecule is CC[C@@H]1C(=O)N(C)c2cnc(Cc3ccc(C(=O)CCCNCCC(=O)Nc4cccc5c4CN(C4CCC(=O)NC4=O)C5=O)cc3OC)nc2N1C1CCCC1.Cl. The van der Waals surface area contributed by atoms with Crippen molar-refractivity contribution in [2.45, 2.75) is 102 Å². The van der Waals surface area contributed by atoms with E-state index in [4.69, 9.17) is 9.72 Å². The van der Waals surface area contributed by atoms with Gasteiger partial charge in [-0.3, -0.25) is 34.1 Å². The minimum Gasteiger partial charge on any atom is -0.496 e. The van der Waals surface area contributed by atoms with Crippen LogP contribution in [0.2, 0.25) is 0 Å². The molecule has 0 radical (unpaired) electrons. The molecule has 4 aliphatic rings. The number of imide groups is 1. The lowest BCUT2D eigenvalue weighted by Gasteiger charge is -2.43. The maximum absolute atomic E-state index is 13.3. The molecule has 308 valence electrons. The van der Waals surface area contributed by atoms with Crippen molar-refractivity contribution in [3.63, 3.8) is 0 Å². The Morgan fingerprint density at radius 2 is 1.81 bits per heavy atom. The second kappa shape index (κ2) is 18.5. The zero-order valence-corrected chi connectivity index (χ0v) is 34.0. The predicted molar refractivity (Wildman–Crippen MR) is 219 cm³/mol. The van der Waals surface area contributed by atoms with Crippen LogP contribution < -0.4 is 30.5 Å². The number of anilines is 3. The summed E-state index contributed by atoms with van der Waals surface area (Å²) in [5.74, 6) is 0.688. The number of amides is 5. The predicted octanol–water partition coefficient (Wildman–Crippen LogP) is 4.34. The Balaban J connectivity index is 0.00000567. The number of fused-ring (bicyclic) bond motifs is 2. The van der Waals surface area contributed by atoms with E-state index in [0.29, 0.717) is 72.7 Å². The molecule has 2 aromatic carbocycles. The first-order valence-electron chi connectivity index (χ1n) is 20.0. The van der Waals surface area contributed by atoms with Crippen LogP contribution in [0.5, 0.6) is 5.75 Å². The number of carbonyl (C=O) groups excluding carboxylic acids is 6. The van der Waals surface area contributed by atoms with Gasteiger partial charge in [-0.05, 0) is 56.8 Å². The van der Waals surface area contributed by atoms with Gasteiger partial charge < -0.3 is 30.1 Å². The molecular formula is C42H51ClN8O7. The fourth-order valence-corrected chi connectivity index (χ4v) is 8.50. The Morgan fingerprint density at radius 1 is 1.02 bits per heavy atom. The summed E-state index contributed by atoms with van der Waals surface area (Å²) < 4.78 is 5.71. The lowest BCUT2D eigenvalue weighted by Crippen LogP contribution is -2.55. The van der Waals surface area contributed by atoms with Gasteiger partial charge in [0.2, 0.25) is 23.6 Å². The first-order valence-corrected chi connectivity index (χ1v) is 20.0. The van der Waals surface area contributed by atoms with E-state index in [1.165, 1.54) is 4.90 Å². The largest absolute Gasteiger partial charge is 0.496 e. The monoisotopic (exact) mass is 814 g/mol. The second-order valence-corrected chi connectivity index (χ2v) is 15.2. The molecule has 1 aromatic heterocycles. The zero-order valence-electron chi connectivity index (χ0n) is 33.2. The summed E-state index contributed by atoms with van der Waals surface area (Å²) in [6.07, 6.45) is 8.72. The topological polar surface area (TPSA) is 183 Å². The quantitative estimate of drug-likeness (QED) is 0.113. The average molecular weight is 815 g/mol. The molecule has 3 aliphatic heterocycles. The van der Waals surface area contributed by atoms with Gasteiger partial charge in [0.1, 0.15) is 29.3 Å². The molecule has 1 saturated heterocycles. The number of hydrogen-bond acceptors (Lipinski definition) is 11. The number of carbonyl (C=O) groups is 6. The molecule has 0 bridgehead atoms. The molecule has 3 aromatic rings. The number of rotatable bonds is 15. The van der Waals surface area contributed by atoms with Crippen LogP contribution in [0.3, 0.4) is 0 Å². The highest BCUT2D eigenvalue weighted by molar-refractivity contribution is 6.07. The Bertz CT molecular complexity index is 2090. The summed E-state index contributed by atoms with van der Waals surface area (Å²) in [4.78, 5) is 91.4. The van der Waals surface area contributed by atoms with Crippen molar-refractivity contribution >= 4 is 64.9 Å². The maximum Gasteiger partial charge on any atom is 0.255 e. The van der Waals surface area contributed by atoms with Crippen molar-refractivity contribution < 1.29 is 33.5 Å². The summed E-state index contributed by atoms with van der Waals surface area (Å²) >= 11 is 0. The molecule has 4 heterocycles. The van der Waals surface area contributed by atoms with Crippen molar-refractivity contribution in [3.8, 4) is 5.75 Å². The van der Waals surface area contributed by atoms with Crippen LogP contribution in [-0.4, -0.2) is 95.6 Å². The van der Waals surface area contributed by atoms with Gasteiger partial charge in [-0.15, -0.1) is 12.4 Å². The fraction of sp³-hybridized carbons (Fsp3) is 0.476. The first kappa shape index (κ1) is 42.2. The summed E-state index contributed by atoms with van der Waals surface area (Å²) in [6, 6.07) is 9.84. The molecule has 1 aliphatic carbocycles. The lowest BCUT2D eigenvalue weighted by atomic mass is 10.0. The Morgan fingerprint density at radius 3 is 2.55 bits per heavy atom. The normalized spacial score (nSPS) is 19.1. The first-order chi connectivity index (χ1) is 27.6. The molecule has 15 nitrogen and oxygen atoms in total. The second-order valence-electron chi connectivity index (χ2n) is 15.2. The van der Waals surface area contributed by atoms with Gasteiger partial charge in [0.15, 0.2) is 11.6 Å². The number of nitrogens with zero attached hydrogens (tertiary/aromatic N) is 5. The molecular weight excluding hydrogens is 764 g/mol. The Hall–Kier alpha value is -5.41. The highest BCUT2D eigenvalue weighted by Gasteiger charge is 2.42. The number of likely N-dealkylation sites (N-methyl/N-ethyl adjacent to an activating group) is 1. The molecule has 1 saturated carbocycles. The molecule has 1 unspecified atom stereocenters. The van der Waals surface area contributed by atoms with Crippen LogP contribution >= 0.6 is 12.4 Å². The molecule has 0 spiro atoms. The van der Waals surface area contributed by atoms with Crippen molar-refractivity contribution in [2.75, 3.05) is 42.4 Å². The van der Waals surface area contributed by atoms with Crippen LogP contribution in [-0.2, 0) is 32.1 Å². The van der Waals surface area contributed by atoms with Gasteiger partial charge in [-0.25, -0.2) is 9.97 Å². The van der Waals surface area contributed by atoms with Crippen LogP contribution in [0.4, 0.5) is 17.2 Å². The number of benzene rings is 2. The van der Waals surface area contributed by atoms with E-state index in [2.05, 4.69) is 25.8 Å². The summed E-state index contributed by atoms with van der Waals surface area (Å²) in [5, 5.41) is 8.43. The molecule has 58 heavy (non-hydrogen) atoms. The molecule has 7 rings (SSSR count). The number of ketones is 1. The highest BCUT2D eigenvalue weighted by atomic mass is 35.5. The number of ether oxygens (including phenoxy) is 1. The standard InChI is InChI=1S/C42H50N8O7.ClH/c1-4-31-42(56)48(2)33-23-44-36(46-39(33)50(31)27-9-5-6-10-27)22-26-15-14-25(21-35(26)57-3)34(51)13-8-19-43-20-18-38(53)45-30-12-7-11-28-29(30)24-49(41(28)55)32-16-17-37(52)47-40(32)54;/h7,11-12,14-15,21,23,27,31-32,43H,4-6,8-10,13,16-20,22,24H2,1-3H3,(H,45,53)(H,47,52,54);1H/t31-,32?;/m1./s1. The summed E-state index contributed by atoms with van der Waals surface area (Å²) in [6.45, 7) is 3.15. The Kier molecular flexibility index (Phi) is 13.4. The van der Waals surface area contributed by atoms with E-state index in [0.717, 1.165) is 42.8 Å². The molecule has 2 fully saturated rings. The number of methoxy groups -OCH3 is 1. The van der Waals surface area contributed by atoms with Gasteiger partial charge in [0.05, 0.1) is 13.3 Å². The maximum atomic E-state index is 13.3. The van der Waals surface area contributed by atoms with Gasteiger partial charge in [-0.2, -0.15) is 0 Å². The van der Waals surface area contributed by atoms with Gasteiger partial charge >= 0.3 is 0 Å². The van der Waals surface area contributed by atoms with Crippen molar-refractivity contribution in [1.29, 1.82) is 0 Å². The number of piperidine rings is 1. The molecule has 5 amide bonds. The van der Waals surface area contributed by atoms with E-state index in [1.54, 1.807) is 55.6 Å². The van der Waals surface area contributed by atoms with E-state index < -0.39 is 11.9 Å². The van der Waals surface area contributed by atoms with Crippen LogP contribution in [0, 0.1) is 0 Å². The van der Waals surface area contributed by atoms with E-state index >= 15 is 0 Å². The minimum absolute atomic E-state index is 0. The van der Waals surface area contributed by atoms with Crippen molar-refractivity contribution in [1.82, 2.24) is 25.5 Å². The van der Waals surface area contributed by atoms with Gasteiger partial charge in [-0.1, -0.05) is 38.0 Å². The van der Waals surface area contributed by atoms with Gasteiger partial charge in [0, 0.05) is 79.8 Å². The number of hydrogen-bond donors (Lipinski definition) is 3. The molecule has 2 atom stereocenters.